The maximum atomic E-state index is 11.1. The van der Waals surface area contributed by atoms with E-state index in [1.807, 2.05) is 6.07 Å². The number of fused-ring (bicyclic) bond motifs is 1. The molecule has 1 heteroatoms. The van der Waals surface area contributed by atoms with E-state index in [0.717, 1.165) is 12.8 Å². The summed E-state index contributed by atoms with van der Waals surface area (Å²) in [5.74, 6) is 2.56. The first kappa shape index (κ1) is 7.31. The minimum absolute atomic E-state index is 0.474. The second-order valence-electron chi connectivity index (χ2n) is 4.21. The Morgan fingerprint density at radius 3 is 2.23 bits per heavy atom. The second-order valence-corrected chi connectivity index (χ2v) is 4.21. The highest BCUT2D eigenvalue weighted by molar-refractivity contribution is 5.83. The van der Waals surface area contributed by atoms with Gasteiger partial charge in [-0.15, -0.1) is 0 Å². The standard InChI is InChI=1S/C12H12O/c13-9-6-10-11(7-9)12(10)8-4-2-1-3-5-8/h1-5,10-12H,6-7H2/t10-,11?,12?/m0/s1. The first-order valence-electron chi connectivity index (χ1n) is 4.93. The molecule has 2 aliphatic carbocycles. The van der Waals surface area contributed by atoms with Gasteiger partial charge in [0, 0.05) is 12.8 Å². The quantitative estimate of drug-likeness (QED) is 0.635. The molecule has 0 saturated heterocycles. The Morgan fingerprint density at radius 2 is 1.62 bits per heavy atom. The van der Waals surface area contributed by atoms with Gasteiger partial charge in [0.25, 0.3) is 0 Å². The number of ketones is 1. The lowest BCUT2D eigenvalue weighted by Gasteiger charge is -2.01. The molecule has 1 nitrogen and oxygen atoms in total. The van der Waals surface area contributed by atoms with E-state index in [1.165, 1.54) is 5.56 Å². The van der Waals surface area contributed by atoms with Crippen LogP contribution in [0.4, 0.5) is 0 Å². The van der Waals surface area contributed by atoms with Crippen molar-refractivity contribution in [2.45, 2.75) is 18.8 Å². The molecule has 0 spiro atoms. The summed E-state index contributed by atoms with van der Waals surface area (Å²) in [4.78, 5) is 11.1. The second kappa shape index (κ2) is 2.44. The van der Waals surface area contributed by atoms with Gasteiger partial charge in [0.1, 0.15) is 5.78 Å². The van der Waals surface area contributed by atoms with Gasteiger partial charge in [-0.3, -0.25) is 4.79 Å². The maximum Gasteiger partial charge on any atom is 0.133 e. The van der Waals surface area contributed by atoms with Gasteiger partial charge in [-0.2, -0.15) is 0 Å². The molecule has 2 fully saturated rings. The Morgan fingerprint density at radius 1 is 1.00 bits per heavy atom. The average molecular weight is 172 g/mol. The van der Waals surface area contributed by atoms with E-state index in [4.69, 9.17) is 0 Å². The Hall–Kier alpha value is -1.11. The van der Waals surface area contributed by atoms with Gasteiger partial charge in [0.2, 0.25) is 0 Å². The largest absolute Gasteiger partial charge is 0.300 e. The monoisotopic (exact) mass is 172 g/mol. The third-order valence-electron chi connectivity index (χ3n) is 3.44. The average Bonchev–Trinajstić information content (AvgIpc) is 2.66. The smallest absolute Gasteiger partial charge is 0.133 e. The molecule has 1 aromatic rings. The first-order chi connectivity index (χ1) is 6.36. The Balaban J connectivity index is 1.82. The molecule has 3 rings (SSSR count). The van der Waals surface area contributed by atoms with Gasteiger partial charge in [-0.25, -0.2) is 0 Å². The predicted molar refractivity (Wildman–Crippen MR) is 50.4 cm³/mol. The van der Waals surface area contributed by atoms with Crippen LogP contribution in [0.2, 0.25) is 0 Å². The minimum Gasteiger partial charge on any atom is -0.300 e. The zero-order valence-electron chi connectivity index (χ0n) is 7.44. The zero-order chi connectivity index (χ0) is 8.84. The van der Waals surface area contributed by atoms with Crippen molar-refractivity contribution in [3.63, 3.8) is 0 Å². The van der Waals surface area contributed by atoms with Gasteiger partial charge in [0.15, 0.2) is 0 Å². The molecule has 0 aromatic heterocycles. The summed E-state index contributed by atoms with van der Waals surface area (Å²) < 4.78 is 0. The molecular weight excluding hydrogens is 160 g/mol. The lowest BCUT2D eigenvalue weighted by Crippen LogP contribution is -1.96. The topological polar surface area (TPSA) is 17.1 Å². The number of carbonyl (C=O) groups is 1. The van der Waals surface area contributed by atoms with E-state index in [0.29, 0.717) is 23.5 Å². The zero-order valence-corrected chi connectivity index (χ0v) is 7.44. The van der Waals surface area contributed by atoms with Crippen molar-refractivity contribution in [2.75, 3.05) is 0 Å². The number of hydrogen-bond donors (Lipinski definition) is 0. The fourth-order valence-corrected chi connectivity index (χ4v) is 2.78. The molecular formula is C12H12O. The van der Waals surface area contributed by atoms with Crippen LogP contribution in [-0.4, -0.2) is 5.78 Å². The number of benzene rings is 1. The van der Waals surface area contributed by atoms with Crippen molar-refractivity contribution in [1.29, 1.82) is 0 Å². The van der Waals surface area contributed by atoms with E-state index >= 15 is 0 Å². The summed E-state index contributed by atoms with van der Waals surface area (Å²) in [5, 5.41) is 0. The van der Waals surface area contributed by atoms with Gasteiger partial charge in [-0.05, 0) is 23.3 Å². The number of Topliss-reactive ketones (excluding diaryl/α,β-unsaturated/α-hetero) is 1. The number of hydrogen-bond acceptors (Lipinski definition) is 1. The van der Waals surface area contributed by atoms with E-state index in [9.17, 15) is 4.79 Å². The molecule has 0 radical (unpaired) electrons. The van der Waals surface area contributed by atoms with Gasteiger partial charge in [0.05, 0.1) is 0 Å². The highest BCUT2D eigenvalue weighted by Crippen LogP contribution is 2.61. The first-order valence-corrected chi connectivity index (χ1v) is 4.93. The van der Waals surface area contributed by atoms with E-state index < -0.39 is 0 Å². The molecule has 0 N–H and O–H groups in total. The molecule has 2 unspecified atom stereocenters. The molecule has 2 saturated carbocycles. The molecule has 3 atom stereocenters. The minimum atomic E-state index is 0.474. The van der Waals surface area contributed by atoms with Crippen LogP contribution in [0.5, 0.6) is 0 Å². The normalized spacial score (nSPS) is 36.0. The maximum absolute atomic E-state index is 11.1. The lowest BCUT2D eigenvalue weighted by molar-refractivity contribution is -0.118. The van der Waals surface area contributed by atoms with Crippen LogP contribution in [0, 0.1) is 11.8 Å². The van der Waals surface area contributed by atoms with Crippen LogP contribution in [0.25, 0.3) is 0 Å². The molecule has 0 aliphatic heterocycles. The predicted octanol–water partition coefficient (Wildman–Crippen LogP) is 2.38. The van der Waals surface area contributed by atoms with Crippen molar-refractivity contribution >= 4 is 5.78 Å². The summed E-state index contributed by atoms with van der Waals surface area (Å²) in [7, 11) is 0. The summed E-state index contributed by atoms with van der Waals surface area (Å²) in [6, 6.07) is 10.6. The summed E-state index contributed by atoms with van der Waals surface area (Å²) in [5.41, 5.74) is 1.44. The van der Waals surface area contributed by atoms with Crippen molar-refractivity contribution in [1.82, 2.24) is 0 Å². The van der Waals surface area contributed by atoms with E-state index in [-0.39, 0.29) is 0 Å². The van der Waals surface area contributed by atoms with Crippen LogP contribution in [0.15, 0.2) is 30.3 Å². The molecule has 66 valence electrons. The van der Waals surface area contributed by atoms with Gasteiger partial charge < -0.3 is 0 Å². The summed E-state index contributed by atoms with van der Waals surface area (Å²) in [6.45, 7) is 0. The van der Waals surface area contributed by atoms with Gasteiger partial charge >= 0.3 is 0 Å². The fraction of sp³-hybridized carbons (Fsp3) is 0.417. The van der Waals surface area contributed by atoms with E-state index in [2.05, 4.69) is 24.3 Å². The third kappa shape index (κ3) is 1.03. The molecule has 0 bridgehead atoms. The Bertz CT molecular complexity index is 327. The van der Waals surface area contributed by atoms with Crippen molar-refractivity contribution in [3.05, 3.63) is 35.9 Å². The van der Waals surface area contributed by atoms with Crippen LogP contribution in [0.3, 0.4) is 0 Å². The molecule has 1 aromatic carbocycles. The summed E-state index contributed by atoms with van der Waals surface area (Å²) in [6.07, 6.45) is 1.68. The van der Waals surface area contributed by atoms with Crippen LogP contribution in [0.1, 0.15) is 24.3 Å². The van der Waals surface area contributed by atoms with Crippen molar-refractivity contribution < 1.29 is 4.79 Å². The summed E-state index contributed by atoms with van der Waals surface area (Å²) >= 11 is 0. The van der Waals surface area contributed by atoms with Crippen molar-refractivity contribution in [2.24, 2.45) is 11.8 Å². The fourth-order valence-electron chi connectivity index (χ4n) is 2.78. The van der Waals surface area contributed by atoms with Crippen molar-refractivity contribution in [3.8, 4) is 0 Å². The highest BCUT2D eigenvalue weighted by Gasteiger charge is 2.56. The number of rotatable bonds is 1. The third-order valence-corrected chi connectivity index (χ3v) is 3.44. The highest BCUT2D eigenvalue weighted by atomic mass is 16.1. The molecule has 0 heterocycles. The molecule has 0 amide bonds. The van der Waals surface area contributed by atoms with Crippen LogP contribution in [-0.2, 0) is 4.79 Å². The Kier molecular flexibility index (Phi) is 1.37. The van der Waals surface area contributed by atoms with Crippen LogP contribution < -0.4 is 0 Å². The van der Waals surface area contributed by atoms with Gasteiger partial charge in [-0.1, -0.05) is 30.3 Å². The SMILES string of the molecule is O=C1CC2C(c3ccccc3)[C@H]2C1. The lowest BCUT2D eigenvalue weighted by atomic mass is 10.0. The van der Waals surface area contributed by atoms with Crippen LogP contribution >= 0.6 is 0 Å². The molecule has 13 heavy (non-hydrogen) atoms. The number of carbonyl (C=O) groups excluding carboxylic acids is 1. The Labute approximate surface area is 77.8 Å². The molecule has 2 aliphatic rings. The van der Waals surface area contributed by atoms with E-state index in [1.54, 1.807) is 0 Å².